The highest BCUT2D eigenvalue weighted by atomic mass is 32.2. The van der Waals surface area contributed by atoms with Gasteiger partial charge in [-0.05, 0) is 79.5 Å². The third-order valence-corrected chi connectivity index (χ3v) is 15.3. The Bertz CT molecular complexity index is 1960. The number of fused-ring (bicyclic) bond motifs is 2. The van der Waals surface area contributed by atoms with Crippen molar-refractivity contribution < 1.29 is 56.1 Å². The van der Waals surface area contributed by atoms with E-state index < -0.39 is 80.0 Å². The summed E-state index contributed by atoms with van der Waals surface area (Å²) in [6.45, 7) is 9.74. The van der Waals surface area contributed by atoms with Crippen LogP contribution in [0.1, 0.15) is 123 Å². The lowest BCUT2D eigenvalue weighted by Crippen LogP contribution is -2.51. The molecular formula is C43H60N4O12S. The second kappa shape index (κ2) is 17.2. The number of likely N-dealkylation sites (tertiary alicyclic amines) is 1. The second-order valence-electron chi connectivity index (χ2n) is 18.7. The highest BCUT2D eigenvalue weighted by Gasteiger charge is 2.62. The number of amides is 4. The number of nitrogens with zero attached hydrogens (tertiary/aromatic N) is 2. The summed E-state index contributed by atoms with van der Waals surface area (Å²) in [5, 5.41) is 2.16. The minimum Gasteiger partial charge on any atom is -0.454 e. The number of carbonyl (C=O) groups excluding carboxylic acids is 6. The molecule has 1 unspecified atom stereocenters. The molecule has 4 fully saturated rings. The average Bonchev–Trinajstić information content (AvgIpc) is 4.03. The first-order valence-electron chi connectivity index (χ1n) is 21.7. The van der Waals surface area contributed by atoms with Crippen molar-refractivity contribution in [3.8, 4) is 11.5 Å². The molecule has 6 atom stereocenters. The summed E-state index contributed by atoms with van der Waals surface area (Å²) < 4.78 is 50.2. The smallest absolute Gasteiger partial charge is 0.410 e. The number of ketones is 2. The summed E-state index contributed by atoms with van der Waals surface area (Å²) in [6.07, 6.45) is 3.39. The van der Waals surface area contributed by atoms with E-state index in [1.165, 1.54) is 9.80 Å². The normalized spacial score (nSPS) is 25.9. The SMILES string of the molecule is CCOC(=O)N[C@H](C(=O)C[C@H](C(=O)N1C[C@H](OC(=O)N2Cc3cc4c(cc3C2)OCO4)CC1C(=O)C[C@@]1(C(=O)NS(=O)(=O)C2CC2)C[C@@H]1CC)C(C)(C)C)C1CCCCC1. The summed E-state index contributed by atoms with van der Waals surface area (Å²) in [4.78, 5) is 86.9. The Kier molecular flexibility index (Phi) is 12.5. The minimum absolute atomic E-state index is 0.0398. The first kappa shape index (κ1) is 43.7. The Morgan fingerprint density at radius 1 is 0.950 bits per heavy atom. The third-order valence-electron chi connectivity index (χ3n) is 13.5. The summed E-state index contributed by atoms with van der Waals surface area (Å²) >= 11 is 0. The Morgan fingerprint density at radius 3 is 2.17 bits per heavy atom. The topological polar surface area (TPSA) is 204 Å². The van der Waals surface area contributed by atoms with Crippen LogP contribution in [0.2, 0.25) is 0 Å². The fourth-order valence-electron chi connectivity index (χ4n) is 9.70. The quantitative estimate of drug-likeness (QED) is 0.236. The van der Waals surface area contributed by atoms with Crippen LogP contribution in [0.25, 0.3) is 0 Å². The van der Waals surface area contributed by atoms with E-state index in [1.807, 2.05) is 39.8 Å². The average molecular weight is 857 g/mol. The molecule has 16 nitrogen and oxygen atoms in total. The van der Waals surface area contributed by atoms with Crippen LogP contribution in [-0.4, -0.2) is 97.2 Å². The van der Waals surface area contributed by atoms with Crippen molar-refractivity contribution in [2.75, 3.05) is 19.9 Å². The van der Waals surface area contributed by atoms with Gasteiger partial charge in [0, 0.05) is 38.3 Å². The number of hydrogen-bond donors (Lipinski definition) is 2. The zero-order valence-corrected chi connectivity index (χ0v) is 36.2. The molecule has 0 aromatic heterocycles. The van der Waals surface area contributed by atoms with E-state index in [-0.39, 0.29) is 69.9 Å². The van der Waals surface area contributed by atoms with Gasteiger partial charge >= 0.3 is 12.2 Å². The zero-order chi connectivity index (χ0) is 43.1. The van der Waals surface area contributed by atoms with Gasteiger partial charge in [0.15, 0.2) is 23.1 Å². The predicted octanol–water partition coefficient (Wildman–Crippen LogP) is 5.14. The van der Waals surface area contributed by atoms with Crippen LogP contribution in [0.5, 0.6) is 11.5 Å². The van der Waals surface area contributed by atoms with E-state index >= 15 is 0 Å². The van der Waals surface area contributed by atoms with Gasteiger partial charge in [0.1, 0.15) is 6.10 Å². The minimum atomic E-state index is -3.88. The molecule has 0 spiro atoms. The maximum Gasteiger partial charge on any atom is 0.410 e. The molecule has 3 saturated carbocycles. The number of benzene rings is 1. The molecule has 330 valence electrons. The monoisotopic (exact) mass is 856 g/mol. The predicted molar refractivity (Wildman–Crippen MR) is 216 cm³/mol. The van der Waals surface area contributed by atoms with Crippen molar-refractivity contribution in [1.82, 2.24) is 19.8 Å². The van der Waals surface area contributed by atoms with E-state index in [9.17, 15) is 37.2 Å². The molecule has 4 amide bonds. The molecule has 0 bridgehead atoms. The van der Waals surface area contributed by atoms with Gasteiger partial charge in [-0.3, -0.25) is 28.8 Å². The molecule has 7 rings (SSSR count). The summed E-state index contributed by atoms with van der Waals surface area (Å²) in [5.41, 5.74) is -0.266. The van der Waals surface area contributed by atoms with Crippen LogP contribution in [0, 0.1) is 28.6 Å². The van der Waals surface area contributed by atoms with Gasteiger partial charge in [-0.15, -0.1) is 0 Å². The largest absolute Gasteiger partial charge is 0.454 e. The molecule has 1 saturated heterocycles. The number of alkyl carbamates (subject to hydrolysis) is 1. The first-order valence-corrected chi connectivity index (χ1v) is 23.2. The van der Waals surface area contributed by atoms with E-state index in [0.29, 0.717) is 37.2 Å². The number of ether oxygens (including phenoxy) is 4. The van der Waals surface area contributed by atoms with E-state index in [4.69, 9.17) is 18.9 Å². The second-order valence-corrected chi connectivity index (χ2v) is 20.7. The lowest BCUT2D eigenvalue weighted by molar-refractivity contribution is -0.146. The molecule has 17 heteroatoms. The molecule has 1 aromatic carbocycles. The number of nitrogens with one attached hydrogen (secondary N) is 2. The van der Waals surface area contributed by atoms with Crippen molar-refractivity contribution in [2.45, 2.75) is 148 Å². The van der Waals surface area contributed by atoms with Gasteiger partial charge in [-0.1, -0.05) is 53.4 Å². The number of rotatable bonds is 15. The van der Waals surface area contributed by atoms with Crippen LogP contribution in [0.4, 0.5) is 9.59 Å². The molecule has 0 radical (unpaired) electrons. The van der Waals surface area contributed by atoms with Crippen molar-refractivity contribution in [3.63, 3.8) is 0 Å². The Morgan fingerprint density at radius 2 is 1.60 bits per heavy atom. The fraction of sp³-hybridized carbons (Fsp3) is 0.721. The lowest BCUT2D eigenvalue weighted by Gasteiger charge is -2.36. The molecule has 3 heterocycles. The molecular weight excluding hydrogens is 797 g/mol. The van der Waals surface area contributed by atoms with Crippen LogP contribution in [0.15, 0.2) is 12.1 Å². The van der Waals surface area contributed by atoms with Crippen molar-refractivity contribution in [1.29, 1.82) is 0 Å². The molecule has 6 aliphatic rings. The fourth-order valence-corrected chi connectivity index (χ4v) is 11.1. The van der Waals surface area contributed by atoms with Crippen LogP contribution in [-0.2, 0) is 51.8 Å². The highest BCUT2D eigenvalue weighted by molar-refractivity contribution is 7.90. The molecule has 1 aromatic rings. The van der Waals surface area contributed by atoms with Gasteiger partial charge in [0.25, 0.3) is 0 Å². The van der Waals surface area contributed by atoms with Crippen LogP contribution < -0.4 is 19.5 Å². The Hall–Kier alpha value is -4.41. The van der Waals surface area contributed by atoms with E-state index in [1.54, 1.807) is 6.92 Å². The Labute approximate surface area is 352 Å². The lowest BCUT2D eigenvalue weighted by atomic mass is 9.74. The van der Waals surface area contributed by atoms with Crippen LogP contribution >= 0.6 is 0 Å². The van der Waals surface area contributed by atoms with Gasteiger partial charge in [0.2, 0.25) is 28.6 Å². The molecule has 2 N–H and O–H groups in total. The highest BCUT2D eigenvalue weighted by Crippen LogP contribution is 2.58. The van der Waals surface area contributed by atoms with Gasteiger partial charge in [0.05, 0.1) is 35.9 Å². The number of hydrogen-bond acceptors (Lipinski definition) is 12. The number of Topliss-reactive ketones (excluding diaryl/α,β-unsaturated/α-hetero) is 2. The standard InChI is InChI=1S/C43H60N4O12S/c1-6-28-19-43(28,39(51)45-60(54,55)30-13-14-30)20-34(49)32-17-29(59-41(53)46-21-26-15-35-36(58-24-57-35)16-27(26)22-46)23-47(32)38(50)31(42(3,4)5)18-33(48)37(44-40(52)56-7-2)25-11-9-8-10-12-25/h15-16,25,28-32,37H,6-14,17-24H2,1-5H3,(H,44,52)(H,45,51)/t28-,29+,31+,32?,37-,43-/m0/s1. The summed E-state index contributed by atoms with van der Waals surface area (Å²) in [5.74, 6) is -2.02. The van der Waals surface area contributed by atoms with Crippen molar-refractivity contribution in [3.05, 3.63) is 23.3 Å². The summed E-state index contributed by atoms with van der Waals surface area (Å²) in [6, 6.07) is 1.71. The van der Waals surface area contributed by atoms with Gasteiger partial charge < -0.3 is 29.2 Å². The zero-order valence-electron chi connectivity index (χ0n) is 35.4. The number of sulfonamides is 1. The molecule has 3 aliphatic heterocycles. The number of carbonyl (C=O) groups is 6. The third kappa shape index (κ3) is 9.25. The van der Waals surface area contributed by atoms with E-state index in [2.05, 4.69) is 10.0 Å². The maximum absolute atomic E-state index is 15.0. The van der Waals surface area contributed by atoms with E-state index in [0.717, 1.165) is 43.2 Å². The van der Waals surface area contributed by atoms with Gasteiger partial charge in [-0.25, -0.2) is 18.0 Å². The summed E-state index contributed by atoms with van der Waals surface area (Å²) in [7, 11) is -3.88. The van der Waals surface area contributed by atoms with Crippen LogP contribution in [0.3, 0.4) is 0 Å². The van der Waals surface area contributed by atoms with Crippen molar-refractivity contribution in [2.24, 2.45) is 28.6 Å². The molecule has 3 aliphatic carbocycles. The Balaban J connectivity index is 1.12. The first-order chi connectivity index (χ1) is 28.4. The molecule has 60 heavy (non-hydrogen) atoms. The van der Waals surface area contributed by atoms with Crippen molar-refractivity contribution >= 4 is 45.6 Å². The van der Waals surface area contributed by atoms with Gasteiger partial charge in [-0.2, -0.15) is 0 Å². The maximum atomic E-state index is 15.0.